The van der Waals surface area contributed by atoms with Crippen LogP contribution in [0.15, 0.2) is 47.1 Å². The molecule has 4 aliphatic rings. The zero-order chi connectivity index (χ0) is 24.7. The summed E-state index contributed by atoms with van der Waals surface area (Å²) in [7, 11) is 4.17. The van der Waals surface area contributed by atoms with Gasteiger partial charge in [0.05, 0.1) is 0 Å². The maximum atomic E-state index is 13.3. The molecule has 0 aromatic heterocycles. The molecule has 1 aromatic carbocycles. The van der Waals surface area contributed by atoms with E-state index < -0.39 is 0 Å². The van der Waals surface area contributed by atoms with Gasteiger partial charge in [0.25, 0.3) is 0 Å². The number of Topliss-reactive ketones (excluding diaryl/α,β-unsaturated/α-hetero) is 1. The smallest absolute Gasteiger partial charge is 0.162 e. The summed E-state index contributed by atoms with van der Waals surface area (Å²) in [6.07, 6.45) is 9.86. The molecule has 0 bridgehead atoms. The van der Waals surface area contributed by atoms with Crippen molar-refractivity contribution in [2.24, 2.45) is 23.2 Å². The molecule has 0 radical (unpaired) electrons. The topological polar surface area (TPSA) is 46.6 Å². The van der Waals surface area contributed by atoms with Gasteiger partial charge in [-0.25, -0.2) is 0 Å². The van der Waals surface area contributed by atoms with Gasteiger partial charge in [-0.3, -0.25) is 9.59 Å². The monoisotopic (exact) mass is 475 g/mol. The van der Waals surface area contributed by atoms with Crippen molar-refractivity contribution in [3.05, 3.63) is 52.6 Å². The van der Waals surface area contributed by atoms with Gasteiger partial charge in [0.2, 0.25) is 0 Å². The number of carbonyl (C=O) groups excluding carboxylic acids is 2. The van der Waals surface area contributed by atoms with Crippen molar-refractivity contribution in [2.75, 3.05) is 32.2 Å². The number of hydrogen-bond donors (Lipinski definition) is 0. The van der Waals surface area contributed by atoms with E-state index in [1.165, 1.54) is 22.4 Å². The minimum atomic E-state index is 0.0225. The maximum Gasteiger partial charge on any atom is 0.162 e. The molecule has 5 atom stereocenters. The zero-order valence-corrected chi connectivity index (χ0v) is 21.9. The van der Waals surface area contributed by atoms with Gasteiger partial charge in [0, 0.05) is 44.6 Å². The Hall–Kier alpha value is -2.20. The molecule has 35 heavy (non-hydrogen) atoms. The molecule has 4 heteroatoms. The molecule has 188 valence electrons. The van der Waals surface area contributed by atoms with Crippen molar-refractivity contribution in [1.82, 2.24) is 0 Å². The van der Waals surface area contributed by atoms with Gasteiger partial charge in [-0.05, 0) is 104 Å². The number of ketones is 2. The highest BCUT2D eigenvalue weighted by atomic mass is 16.5. The third kappa shape index (κ3) is 4.33. The number of nitrogens with zero attached hydrogens (tertiary/aromatic N) is 1. The van der Waals surface area contributed by atoms with Crippen molar-refractivity contribution >= 4 is 17.3 Å². The molecular formula is C31H41NO3. The van der Waals surface area contributed by atoms with Crippen molar-refractivity contribution in [2.45, 2.75) is 71.1 Å². The highest BCUT2D eigenvalue weighted by molar-refractivity contribution is 5.93. The van der Waals surface area contributed by atoms with E-state index in [0.29, 0.717) is 36.6 Å². The first-order valence-corrected chi connectivity index (χ1v) is 13.7. The van der Waals surface area contributed by atoms with Crippen molar-refractivity contribution in [1.29, 1.82) is 0 Å². The highest BCUT2D eigenvalue weighted by Crippen LogP contribution is 2.63. The fraction of sp³-hybridized carbons (Fsp3) is 0.613. The number of ether oxygens (including phenoxy) is 1. The van der Waals surface area contributed by atoms with E-state index in [1.807, 2.05) is 13.0 Å². The number of allylic oxidation sites excluding steroid dienone is 4. The largest absolute Gasteiger partial charge is 0.378 e. The van der Waals surface area contributed by atoms with Crippen LogP contribution in [0.2, 0.25) is 0 Å². The SMILES string of the molecule is CCOCC(=O)C1CCC2C3CCC4=CC(=O)CCC4=C3C(c3ccc(N(C)C)cc3)CCC12C. The molecular weight excluding hydrogens is 434 g/mol. The van der Waals surface area contributed by atoms with Crippen molar-refractivity contribution < 1.29 is 14.3 Å². The Morgan fingerprint density at radius 3 is 2.54 bits per heavy atom. The second-order valence-electron chi connectivity index (χ2n) is 11.6. The molecule has 0 saturated heterocycles. The normalized spacial score (nSPS) is 32.3. The van der Waals surface area contributed by atoms with Gasteiger partial charge in [-0.15, -0.1) is 0 Å². The fourth-order valence-electron chi connectivity index (χ4n) is 7.97. The van der Waals surface area contributed by atoms with E-state index in [2.05, 4.69) is 50.2 Å². The first-order valence-electron chi connectivity index (χ1n) is 13.7. The number of benzene rings is 1. The van der Waals surface area contributed by atoms with Crippen LogP contribution in [0.1, 0.15) is 76.7 Å². The second-order valence-corrected chi connectivity index (χ2v) is 11.6. The van der Waals surface area contributed by atoms with E-state index >= 15 is 0 Å². The summed E-state index contributed by atoms with van der Waals surface area (Å²) >= 11 is 0. The van der Waals surface area contributed by atoms with Gasteiger partial charge in [0.15, 0.2) is 11.6 Å². The molecule has 4 aliphatic carbocycles. The Morgan fingerprint density at radius 1 is 1.06 bits per heavy atom. The van der Waals surface area contributed by atoms with E-state index in [-0.39, 0.29) is 23.7 Å². The van der Waals surface area contributed by atoms with E-state index in [1.54, 1.807) is 5.57 Å². The lowest BCUT2D eigenvalue weighted by Crippen LogP contribution is -2.38. The first-order chi connectivity index (χ1) is 16.8. The van der Waals surface area contributed by atoms with Gasteiger partial charge in [-0.2, -0.15) is 0 Å². The lowest BCUT2D eigenvalue weighted by Gasteiger charge is -2.42. The van der Waals surface area contributed by atoms with E-state index in [4.69, 9.17) is 4.74 Å². The molecule has 4 nitrogen and oxygen atoms in total. The predicted molar refractivity (Wildman–Crippen MR) is 141 cm³/mol. The summed E-state index contributed by atoms with van der Waals surface area (Å²) in [6, 6.07) is 9.11. The molecule has 1 aromatic rings. The lowest BCUT2D eigenvalue weighted by molar-refractivity contribution is -0.131. The molecule has 0 N–H and O–H groups in total. The lowest BCUT2D eigenvalue weighted by atomic mass is 9.62. The van der Waals surface area contributed by atoms with Gasteiger partial charge >= 0.3 is 0 Å². The fourth-order valence-corrected chi connectivity index (χ4v) is 7.97. The number of hydrogen-bond acceptors (Lipinski definition) is 4. The third-order valence-corrected chi connectivity index (χ3v) is 9.71. The van der Waals surface area contributed by atoms with E-state index in [9.17, 15) is 9.59 Å². The number of fused-ring (bicyclic) bond motifs is 4. The van der Waals surface area contributed by atoms with Crippen LogP contribution in [0.25, 0.3) is 0 Å². The first kappa shape index (κ1) is 24.5. The number of carbonyl (C=O) groups is 2. The van der Waals surface area contributed by atoms with Crippen LogP contribution in [0, 0.1) is 23.2 Å². The molecule has 2 fully saturated rings. The molecule has 5 unspecified atom stereocenters. The predicted octanol–water partition coefficient (Wildman–Crippen LogP) is 6.26. The zero-order valence-electron chi connectivity index (χ0n) is 21.9. The number of anilines is 1. The Labute approximate surface area is 210 Å². The summed E-state index contributed by atoms with van der Waals surface area (Å²) in [5, 5.41) is 0. The summed E-state index contributed by atoms with van der Waals surface area (Å²) in [5.74, 6) is 2.10. The minimum Gasteiger partial charge on any atom is -0.378 e. The maximum absolute atomic E-state index is 13.3. The van der Waals surface area contributed by atoms with Crippen LogP contribution in [0.5, 0.6) is 0 Å². The highest BCUT2D eigenvalue weighted by Gasteiger charge is 2.55. The summed E-state index contributed by atoms with van der Waals surface area (Å²) < 4.78 is 5.57. The summed E-state index contributed by atoms with van der Waals surface area (Å²) in [5.41, 5.74) is 7.02. The summed E-state index contributed by atoms with van der Waals surface area (Å²) in [4.78, 5) is 27.7. The molecule has 0 spiro atoms. The average molecular weight is 476 g/mol. The van der Waals surface area contributed by atoms with Crippen molar-refractivity contribution in [3.63, 3.8) is 0 Å². The van der Waals surface area contributed by atoms with Crippen LogP contribution < -0.4 is 4.90 Å². The second kappa shape index (κ2) is 9.69. The average Bonchev–Trinajstić information content (AvgIpc) is 3.13. The molecule has 0 heterocycles. The van der Waals surface area contributed by atoms with Gasteiger partial charge < -0.3 is 9.64 Å². The van der Waals surface area contributed by atoms with Crippen LogP contribution in [-0.4, -0.2) is 38.9 Å². The van der Waals surface area contributed by atoms with E-state index in [0.717, 1.165) is 44.9 Å². The molecule has 2 saturated carbocycles. The van der Waals surface area contributed by atoms with Crippen molar-refractivity contribution in [3.8, 4) is 0 Å². The standard InChI is InChI=1S/C31H41NO3/c1-5-35-19-29(34)28-15-14-27-26-12-8-21-18-23(33)11-13-24(21)30(26)25(16-17-31(27,28)2)20-6-9-22(10-7-20)32(3)4/h6-7,9-10,18,25-28H,5,8,11-17,19H2,1-4H3. The summed E-state index contributed by atoms with van der Waals surface area (Å²) in [6.45, 7) is 5.22. The Bertz CT molecular complexity index is 1050. The van der Waals surface area contributed by atoms with Crippen LogP contribution in [0.4, 0.5) is 5.69 Å². The quantitative estimate of drug-likeness (QED) is 0.487. The molecule has 5 rings (SSSR count). The minimum absolute atomic E-state index is 0.0225. The van der Waals surface area contributed by atoms with Gasteiger partial charge in [-0.1, -0.05) is 24.6 Å². The van der Waals surface area contributed by atoms with Gasteiger partial charge in [0.1, 0.15) is 6.61 Å². The Balaban J connectivity index is 1.58. The van der Waals surface area contributed by atoms with Crippen LogP contribution in [0.3, 0.4) is 0 Å². The molecule has 0 aliphatic heterocycles. The van der Waals surface area contributed by atoms with Crippen LogP contribution >= 0.6 is 0 Å². The number of rotatable bonds is 6. The Morgan fingerprint density at radius 2 is 1.83 bits per heavy atom. The Kier molecular flexibility index (Phi) is 6.78. The van der Waals surface area contributed by atoms with Crippen LogP contribution in [-0.2, 0) is 14.3 Å². The molecule has 0 amide bonds. The third-order valence-electron chi connectivity index (χ3n) is 9.71.